The van der Waals surface area contributed by atoms with Gasteiger partial charge in [-0.15, -0.1) is 34.0 Å². The molecule has 290 valence electrons. The van der Waals surface area contributed by atoms with Crippen LogP contribution >= 0.6 is 34.0 Å². The Balaban J connectivity index is 0.000000164. The third kappa shape index (κ3) is 13.4. The quantitative estimate of drug-likeness (QED) is 0.164. The first kappa shape index (κ1) is 44.0. The van der Waals surface area contributed by atoms with Crippen molar-refractivity contribution < 1.29 is 0 Å². The van der Waals surface area contributed by atoms with Crippen LogP contribution in [0, 0.1) is 13.8 Å². The monoisotopic (exact) mass is 784 g/mol. The van der Waals surface area contributed by atoms with Crippen LogP contribution in [0.25, 0.3) is 31.0 Å². The van der Waals surface area contributed by atoms with E-state index in [9.17, 15) is 0 Å². The van der Waals surface area contributed by atoms with Gasteiger partial charge in [0.05, 0.1) is 0 Å². The van der Waals surface area contributed by atoms with Crippen molar-refractivity contribution >= 4 is 44.8 Å². The molecule has 0 N–H and O–H groups in total. The van der Waals surface area contributed by atoms with E-state index in [1.54, 1.807) is 0 Å². The first-order valence-electron chi connectivity index (χ1n) is 19.5. The molecule has 0 bridgehead atoms. The molecule has 0 saturated carbocycles. The smallest absolute Gasteiger partial charge is 0.0445 e. The van der Waals surface area contributed by atoms with E-state index in [-0.39, 0.29) is 21.7 Å². The molecule has 0 radical (unpaired) electrons. The molecule has 3 heterocycles. The van der Waals surface area contributed by atoms with E-state index < -0.39 is 0 Å². The number of rotatable bonds is 2. The Bertz CT molecular complexity index is 2200. The van der Waals surface area contributed by atoms with Crippen molar-refractivity contribution in [2.24, 2.45) is 0 Å². The van der Waals surface area contributed by atoms with Gasteiger partial charge in [0.25, 0.3) is 0 Å². The van der Waals surface area contributed by atoms with Crippen molar-refractivity contribution in [2.75, 3.05) is 0 Å². The fourth-order valence-corrected chi connectivity index (χ4v) is 8.70. The van der Waals surface area contributed by atoms with Gasteiger partial charge in [-0.25, -0.2) is 0 Å². The summed E-state index contributed by atoms with van der Waals surface area (Å²) >= 11 is 5.61. The topological polar surface area (TPSA) is 0 Å². The largest absolute Gasteiger partial charge is 0.143 e. The van der Waals surface area contributed by atoms with Crippen LogP contribution in [0.5, 0.6) is 0 Å². The Morgan fingerprint density at radius 2 is 0.891 bits per heavy atom. The lowest BCUT2D eigenvalue weighted by molar-refractivity contribution is 0.589. The molecule has 0 aliphatic carbocycles. The maximum Gasteiger partial charge on any atom is 0.0445 e. The highest BCUT2D eigenvalue weighted by Crippen LogP contribution is 2.37. The van der Waals surface area contributed by atoms with Crippen LogP contribution < -0.4 is 0 Å². The summed E-state index contributed by atoms with van der Waals surface area (Å²) in [6.45, 7) is 31.3. The van der Waals surface area contributed by atoms with E-state index in [4.69, 9.17) is 0 Å². The summed E-state index contributed by atoms with van der Waals surface area (Å²) in [6.07, 6.45) is 0. The van der Waals surface area contributed by atoms with Gasteiger partial charge >= 0.3 is 0 Å². The van der Waals surface area contributed by atoms with Crippen LogP contribution in [-0.4, -0.2) is 0 Å². The molecule has 0 nitrogen and oxygen atoms in total. The fourth-order valence-electron chi connectivity index (χ4n) is 5.73. The highest BCUT2D eigenvalue weighted by molar-refractivity contribution is 7.21. The maximum absolute atomic E-state index is 2.30. The zero-order chi connectivity index (χ0) is 40.6. The summed E-state index contributed by atoms with van der Waals surface area (Å²) in [5.74, 6) is 0. The van der Waals surface area contributed by atoms with Gasteiger partial charge in [0.2, 0.25) is 0 Å². The number of hydrogen-bond donors (Lipinski definition) is 0. The lowest BCUT2D eigenvalue weighted by atomic mass is 9.86. The average molecular weight is 785 g/mol. The zero-order valence-electron chi connectivity index (χ0n) is 35.9. The van der Waals surface area contributed by atoms with Crippen LogP contribution in [-0.2, 0) is 21.7 Å². The number of thiophene rings is 3. The molecule has 3 aromatic heterocycles. The second-order valence-electron chi connectivity index (χ2n) is 18.6. The highest BCUT2D eigenvalue weighted by atomic mass is 32.1. The average Bonchev–Trinajstić information content (AvgIpc) is 3.91. The molecule has 0 unspecified atom stereocenters. The van der Waals surface area contributed by atoms with Crippen molar-refractivity contribution in [3.8, 4) is 20.2 Å². The molecule has 55 heavy (non-hydrogen) atoms. The van der Waals surface area contributed by atoms with E-state index in [0.717, 1.165) is 0 Å². The SMILES string of the molecule is CC(C)(C)c1ccc(-c2ccccc2)s1.CC(C)(C)c1ccc(-c2cccs2)s1.Cc1ccc2cc(C(C)(C)C)ccc2c1.Cc1cccc(C(C)(C)C)c1. The van der Waals surface area contributed by atoms with Gasteiger partial charge in [-0.3, -0.25) is 0 Å². The van der Waals surface area contributed by atoms with Gasteiger partial charge in [-0.05, 0) is 98.7 Å². The second kappa shape index (κ2) is 18.5. The summed E-state index contributed by atoms with van der Waals surface area (Å²) in [7, 11) is 0. The van der Waals surface area contributed by atoms with E-state index in [1.807, 2.05) is 34.0 Å². The summed E-state index contributed by atoms with van der Waals surface area (Å²) in [5, 5.41) is 4.81. The van der Waals surface area contributed by atoms with E-state index in [1.165, 1.54) is 63.0 Å². The van der Waals surface area contributed by atoms with Crippen molar-refractivity contribution in [3.63, 3.8) is 0 Å². The van der Waals surface area contributed by atoms with Crippen molar-refractivity contribution in [1.82, 2.24) is 0 Å². The lowest BCUT2D eigenvalue weighted by Gasteiger charge is -2.19. The first-order valence-corrected chi connectivity index (χ1v) is 22.0. The molecule has 0 saturated heterocycles. The Kier molecular flexibility index (Phi) is 14.8. The molecule has 0 aliphatic heterocycles. The minimum absolute atomic E-state index is 0.235. The summed E-state index contributed by atoms with van der Waals surface area (Å²) in [5.41, 5.74) is 7.86. The molecular weight excluding hydrogens is 721 g/mol. The van der Waals surface area contributed by atoms with Crippen LogP contribution in [0.2, 0.25) is 0 Å². The highest BCUT2D eigenvalue weighted by Gasteiger charge is 2.18. The molecule has 4 aromatic carbocycles. The number of hydrogen-bond acceptors (Lipinski definition) is 3. The van der Waals surface area contributed by atoms with Crippen molar-refractivity contribution in [3.05, 3.63) is 165 Å². The molecule has 7 aromatic rings. The van der Waals surface area contributed by atoms with Gasteiger partial charge in [-0.2, -0.15) is 0 Å². The van der Waals surface area contributed by atoms with Crippen LogP contribution in [0.15, 0.2) is 133 Å². The van der Waals surface area contributed by atoms with Gasteiger partial charge in [0, 0.05) is 24.4 Å². The fraction of sp³-hybridized carbons (Fsp3) is 0.346. The molecular formula is C52H64S3. The molecule has 0 atom stereocenters. The van der Waals surface area contributed by atoms with Crippen molar-refractivity contribution in [2.45, 2.75) is 119 Å². The van der Waals surface area contributed by atoms with E-state index in [0.29, 0.717) is 0 Å². The Hall–Kier alpha value is -3.76. The Morgan fingerprint density at radius 1 is 0.364 bits per heavy atom. The summed E-state index contributed by atoms with van der Waals surface area (Å²) in [4.78, 5) is 7.04. The summed E-state index contributed by atoms with van der Waals surface area (Å²) < 4.78 is 0. The van der Waals surface area contributed by atoms with Crippen LogP contribution in [0.1, 0.15) is 115 Å². The first-order chi connectivity index (χ1) is 25.6. The minimum atomic E-state index is 0.235. The van der Waals surface area contributed by atoms with E-state index >= 15 is 0 Å². The predicted molar refractivity (Wildman–Crippen MR) is 252 cm³/mol. The number of benzene rings is 4. The Morgan fingerprint density at radius 3 is 1.40 bits per heavy atom. The molecule has 0 fully saturated rings. The minimum Gasteiger partial charge on any atom is -0.143 e. The van der Waals surface area contributed by atoms with Gasteiger partial charge in [0.15, 0.2) is 0 Å². The van der Waals surface area contributed by atoms with Gasteiger partial charge in [0.1, 0.15) is 0 Å². The number of fused-ring (bicyclic) bond motifs is 1. The third-order valence-corrected chi connectivity index (χ3v) is 13.4. The molecule has 7 rings (SSSR count). The van der Waals surface area contributed by atoms with Gasteiger partial charge < -0.3 is 0 Å². The zero-order valence-corrected chi connectivity index (χ0v) is 38.4. The molecule has 0 spiro atoms. The lowest BCUT2D eigenvalue weighted by Crippen LogP contribution is -2.10. The van der Waals surface area contributed by atoms with Crippen LogP contribution in [0.4, 0.5) is 0 Å². The Labute approximate surface area is 346 Å². The summed E-state index contributed by atoms with van der Waals surface area (Å²) in [6, 6.07) is 45.9. The van der Waals surface area contributed by atoms with Gasteiger partial charge in [-0.1, -0.05) is 191 Å². The molecule has 3 heteroatoms. The predicted octanol–water partition coefficient (Wildman–Crippen LogP) is 17.2. The van der Waals surface area contributed by atoms with E-state index in [2.05, 4.69) is 230 Å². The standard InChI is InChI=1S/C15H18.C14H16S.C12H14S2.C11H16/c1-11-5-6-13-10-14(15(2,3)4)8-7-12(13)9-11;1-14(2,3)13-10-9-12(15-13)11-7-5-4-6-8-11;1-12(2,3)11-7-6-10(14-11)9-5-4-8-13-9;1-9-6-5-7-10(8-9)11(2,3)4/h5-10H,1-4H3;4-10H,1-3H3;4-8H,1-3H3;5-8H,1-4H3. The maximum atomic E-state index is 2.30. The molecule has 0 aliphatic rings. The molecule has 0 amide bonds. The normalized spacial score (nSPS) is 11.8. The van der Waals surface area contributed by atoms with Crippen LogP contribution in [0.3, 0.4) is 0 Å². The van der Waals surface area contributed by atoms with Crippen molar-refractivity contribution in [1.29, 1.82) is 0 Å². The third-order valence-electron chi connectivity index (χ3n) is 9.26. The second-order valence-corrected chi connectivity index (χ2v) is 21.7. The number of aryl methyl sites for hydroxylation is 2.